The van der Waals surface area contributed by atoms with Gasteiger partial charge >= 0.3 is 0 Å². The van der Waals surface area contributed by atoms with Crippen LogP contribution in [0.1, 0.15) is 26.2 Å². The summed E-state index contributed by atoms with van der Waals surface area (Å²) in [5, 5.41) is 3.41. The molecule has 1 aliphatic heterocycles. The molecule has 1 N–H and O–H groups in total. The van der Waals surface area contributed by atoms with Crippen molar-refractivity contribution < 1.29 is 0 Å². The fourth-order valence-electron chi connectivity index (χ4n) is 1.89. The van der Waals surface area contributed by atoms with Crippen molar-refractivity contribution in [3.63, 3.8) is 0 Å². The highest BCUT2D eigenvalue weighted by Crippen LogP contribution is 2.28. The van der Waals surface area contributed by atoms with Crippen molar-refractivity contribution in [3.05, 3.63) is 35.6 Å². The SMILES string of the molecule is CCCC1=CNC2CC=CC=C12. The van der Waals surface area contributed by atoms with Gasteiger partial charge in [-0.3, -0.25) is 0 Å². The molecule has 1 unspecified atom stereocenters. The summed E-state index contributed by atoms with van der Waals surface area (Å²) >= 11 is 0. The van der Waals surface area contributed by atoms with Crippen molar-refractivity contribution in [3.8, 4) is 0 Å². The van der Waals surface area contributed by atoms with E-state index >= 15 is 0 Å². The van der Waals surface area contributed by atoms with Gasteiger partial charge in [0.15, 0.2) is 0 Å². The maximum Gasteiger partial charge on any atom is 0.0546 e. The van der Waals surface area contributed by atoms with E-state index in [0.29, 0.717) is 6.04 Å². The second-order valence-corrected chi connectivity index (χ2v) is 3.42. The summed E-state index contributed by atoms with van der Waals surface area (Å²) < 4.78 is 0. The quantitative estimate of drug-likeness (QED) is 0.656. The molecule has 1 nitrogen and oxygen atoms in total. The Labute approximate surface area is 73.9 Å². The number of allylic oxidation sites excluding steroid dienone is 2. The van der Waals surface area contributed by atoms with Gasteiger partial charge in [0.2, 0.25) is 0 Å². The number of hydrogen-bond acceptors (Lipinski definition) is 1. The van der Waals surface area contributed by atoms with E-state index in [1.165, 1.54) is 24.0 Å². The minimum Gasteiger partial charge on any atom is -0.384 e. The summed E-state index contributed by atoms with van der Waals surface area (Å²) in [4.78, 5) is 0. The molecule has 1 heterocycles. The van der Waals surface area contributed by atoms with Crippen LogP contribution in [0.3, 0.4) is 0 Å². The van der Waals surface area contributed by atoms with Crippen molar-refractivity contribution in [1.29, 1.82) is 0 Å². The lowest BCUT2D eigenvalue weighted by atomic mass is 9.94. The molecule has 0 saturated carbocycles. The molecule has 2 rings (SSSR count). The van der Waals surface area contributed by atoms with E-state index < -0.39 is 0 Å². The summed E-state index contributed by atoms with van der Waals surface area (Å²) in [7, 11) is 0. The molecular weight excluding hydrogens is 146 g/mol. The second kappa shape index (κ2) is 3.18. The first kappa shape index (κ1) is 7.66. The Morgan fingerprint density at radius 1 is 1.58 bits per heavy atom. The highest BCUT2D eigenvalue weighted by Gasteiger charge is 2.21. The summed E-state index contributed by atoms with van der Waals surface area (Å²) in [6.07, 6.45) is 12.4. The zero-order valence-corrected chi connectivity index (χ0v) is 7.51. The Balaban J connectivity index is 2.16. The minimum atomic E-state index is 0.580. The minimum absolute atomic E-state index is 0.580. The van der Waals surface area contributed by atoms with Crippen LogP contribution in [0.4, 0.5) is 0 Å². The van der Waals surface area contributed by atoms with Crippen LogP contribution in [-0.4, -0.2) is 6.04 Å². The lowest BCUT2D eigenvalue weighted by Crippen LogP contribution is -2.21. The fourth-order valence-corrected chi connectivity index (χ4v) is 1.89. The third-order valence-electron chi connectivity index (χ3n) is 2.51. The van der Waals surface area contributed by atoms with Crippen LogP contribution in [0.15, 0.2) is 35.6 Å². The van der Waals surface area contributed by atoms with E-state index in [1.54, 1.807) is 0 Å². The maximum absolute atomic E-state index is 3.41. The highest BCUT2D eigenvalue weighted by atomic mass is 14.9. The molecule has 0 aromatic heterocycles. The average Bonchev–Trinajstić information content (AvgIpc) is 2.50. The molecule has 0 amide bonds. The first-order valence-electron chi connectivity index (χ1n) is 4.74. The van der Waals surface area contributed by atoms with E-state index in [9.17, 15) is 0 Å². The maximum atomic E-state index is 3.41. The average molecular weight is 161 g/mol. The Morgan fingerprint density at radius 2 is 2.50 bits per heavy atom. The van der Waals surface area contributed by atoms with Gasteiger partial charge in [0.1, 0.15) is 0 Å². The number of rotatable bonds is 2. The monoisotopic (exact) mass is 161 g/mol. The largest absolute Gasteiger partial charge is 0.384 e. The predicted molar refractivity (Wildman–Crippen MR) is 51.8 cm³/mol. The van der Waals surface area contributed by atoms with Crippen LogP contribution in [0, 0.1) is 0 Å². The summed E-state index contributed by atoms with van der Waals surface area (Å²) in [5.41, 5.74) is 3.02. The third kappa shape index (κ3) is 1.20. The van der Waals surface area contributed by atoms with Gasteiger partial charge < -0.3 is 5.32 Å². The fraction of sp³-hybridized carbons (Fsp3) is 0.455. The van der Waals surface area contributed by atoms with Crippen LogP contribution in [-0.2, 0) is 0 Å². The van der Waals surface area contributed by atoms with Gasteiger partial charge in [-0.25, -0.2) is 0 Å². The van der Waals surface area contributed by atoms with E-state index in [-0.39, 0.29) is 0 Å². The molecule has 0 saturated heterocycles. The summed E-state index contributed by atoms with van der Waals surface area (Å²) in [6, 6.07) is 0.580. The summed E-state index contributed by atoms with van der Waals surface area (Å²) in [5.74, 6) is 0. The van der Waals surface area contributed by atoms with Gasteiger partial charge in [0, 0.05) is 6.20 Å². The zero-order valence-electron chi connectivity index (χ0n) is 7.51. The van der Waals surface area contributed by atoms with Gasteiger partial charge in [-0.15, -0.1) is 0 Å². The molecule has 64 valence electrons. The molecule has 0 aromatic rings. The molecule has 2 aliphatic rings. The van der Waals surface area contributed by atoms with Crippen molar-refractivity contribution in [1.82, 2.24) is 5.32 Å². The standard InChI is InChI=1S/C11H15N/c1-2-5-9-8-12-11-7-4-3-6-10(9)11/h3-4,6,8,11-12H,2,5,7H2,1H3. The lowest BCUT2D eigenvalue weighted by molar-refractivity contribution is 0.705. The number of fused-ring (bicyclic) bond motifs is 1. The van der Waals surface area contributed by atoms with Crippen LogP contribution < -0.4 is 5.32 Å². The first-order valence-corrected chi connectivity index (χ1v) is 4.74. The zero-order chi connectivity index (χ0) is 8.39. The van der Waals surface area contributed by atoms with E-state index in [4.69, 9.17) is 0 Å². The molecule has 0 spiro atoms. The van der Waals surface area contributed by atoms with Crippen LogP contribution >= 0.6 is 0 Å². The Hall–Kier alpha value is -0.980. The molecule has 12 heavy (non-hydrogen) atoms. The lowest BCUT2D eigenvalue weighted by Gasteiger charge is -2.15. The highest BCUT2D eigenvalue weighted by molar-refractivity contribution is 5.44. The van der Waals surface area contributed by atoms with Crippen LogP contribution in [0.2, 0.25) is 0 Å². The summed E-state index contributed by atoms with van der Waals surface area (Å²) in [6.45, 7) is 2.23. The number of hydrogen-bond donors (Lipinski definition) is 1. The smallest absolute Gasteiger partial charge is 0.0546 e. The second-order valence-electron chi connectivity index (χ2n) is 3.42. The van der Waals surface area contributed by atoms with Gasteiger partial charge in [-0.1, -0.05) is 31.6 Å². The molecule has 1 heteroatoms. The van der Waals surface area contributed by atoms with E-state index in [1.807, 2.05) is 0 Å². The van der Waals surface area contributed by atoms with Crippen LogP contribution in [0.25, 0.3) is 0 Å². The molecule has 0 aromatic carbocycles. The molecule has 1 aliphatic carbocycles. The molecule has 0 fully saturated rings. The molecule has 0 radical (unpaired) electrons. The Bertz CT molecular complexity index is 258. The molecule has 1 atom stereocenters. The van der Waals surface area contributed by atoms with Crippen molar-refractivity contribution in [2.45, 2.75) is 32.2 Å². The van der Waals surface area contributed by atoms with Gasteiger partial charge in [0.25, 0.3) is 0 Å². The predicted octanol–water partition coefficient (Wildman–Crippen LogP) is 2.53. The van der Waals surface area contributed by atoms with Crippen molar-refractivity contribution in [2.75, 3.05) is 0 Å². The Morgan fingerprint density at radius 3 is 3.33 bits per heavy atom. The van der Waals surface area contributed by atoms with Crippen molar-refractivity contribution in [2.24, 2.45) is 0 Å². The third-order valence-corrected chi connectivity index (χ3v) is 2.51. The normalized spacial score (nSPS) is 25.9. The molecular formula is C11H15N. The van der Waals surface area contributed by atoms with E-state index in [0.717, 1.165) is 6.42 Å². The molecule has 0 bridgehead atoms. The van der Waals surface area contributed by atoms with Crippen molar-refractivity contribution >= 4 is 0 Å². The van der Waals surface area contributed by atoms with Crippen LogP contribution in [0.5, 0.6) is 0 Å². The first-order chi connectivity index (χ1) is 5.92. The van der Waals surface area contributed by atoms with Gasteiger partial charge in [-0.05, 0) is 24.0 Å². The Kier molecular flexibility index (Phi) is 2.03. The topological polar surface area (TPSA) is 12.0 Å². The van der Waals surface area contributed by atoms with Gasteiger partial charge in [0.05, 0.1) is 6.04 Å². The number of nitrogens with one attached hydrogen (secondary N) is 1. The van der Waals surface area contributed by atoms with Gasteiger partial charge in [-0.2, -0.15) is 0 Å². The van der Waals surface area contributed by atoms with E-state index in [2.05, 4.69) is 36.7 Å².